The number of carboxylic acid groups (broad SMARTS) is 1. The van der Waals surface area contributed by atoms with Crippen LogP contribution in [0.15, 0.2) is 36.4 Å². The Kier molecular flexibility index (Phi) is 1.27. The van der Waals surface area contributed by atoms with Gasteiger partial charge in [-0.05, 0) is 21.9 Å². The molecule has 68 valence electrons. The van der Waals surface area contributed by atoms with Crippen molar-refractivity contribution in [1.82, 2.24) is 0 Å². The largest absolute Gasteiger partial charge is 0.481 e. The molecule has 0 saturated heterocycles. The van der Waals surface area contributed by atoms with Gasteiger partial charge in [0.15, 0.2) is 0 Å². The van der Waals surface area contributed by atoms with Crippen LogP contribution in [0.3, 0.4) is 0 Å². The summed E-state index contributed by atoms with van der Waals surface area (Å²) in [6, 6.07) is 11.6. The standard InChI is InChI=1S/C12H8O2/c13-12(14)11-8-5-1-3-7-4-2-6-9(11)10(7)8/h1-6,11H,(H,13,14). The van der Waals surface area contributed by atoms with Gasteiger partial charge in [0.05, 0.1) is 0 Å². The van der Waals surface area contributed by atoms with Gasteiger partial charge in [-0.2, -0.15) is 0 Å². The Morgan fingerprint density at radius 2 is 1.64 bits per heavy atom. The fourth-order valence-electron chi connectivity index (χ4n) is 2.24. The van der Waals surface area contributed by atoms with E-state index in [2.05, 4.69) is 0 Å². The maximum atomic E-state index is 11.0. The zero-order chi connectivity index (χ0) is 9.71. The SMILES string of the molecule is O=C(O)C1c2cccc3cccc1c23. The van der Waals surface area contributed by atoms with Crippen molar-refractivity contribution in [1.29, 1.82) is 0 Å². The minimum atomic E-state index is -0.754. The molecule has 0 amide bonds. The maximum Gasteiger partial charge on any atom is 0.315 e. The van der Waals surface area contributed by atoms with Crippen molar-refractivity contribution in [3.05, 3.63) is 47.5 Å². The number of hydrogen-bond acceptors (Lipinski definition) is 1. The smallest absolute Gasteiger partial charge is 0.315 e. The Labute approximate surface area is 80.8 Å². The first-order valence-electron chi connectivity index (χ1n) is 4.53. The van der Waals surface area contributed by atoms with Crippen LogP contribution in [0.5, 0.6) is 0 Å². The first-order valence-corrected chi connectivity index (χ1v) is 4.53. The van der Waals surface area contributed by atoms with E-state index in [1.54, 1.807) is 0 Å². The van der Waals surface area contributed by atoms with Gasteiger partial charge in [-0.25, -0.2) is 0 Å². The van der Waals surface area contributed by atoms with Crippen molar-refractivity contribution in [3.63, 3.8) is 0 Å². The highest BCUT2D eigenvalue weighted by Crippen LogP contribution is 2.43. The summed E-state index contributed by atoms with van der Waals surface area (Å²) >= 11 is 0. The molecule has 0 unspecified atom stereocenters. The van der Waals surface area contributed by atoms with Gasteiger partial charge in [-0.15, -0.1) is 0 Å². The lowest BCUT2D eigenvalue weighted by atomic mass is 9.75. The maximum absolute atomic E-state index is 11.0. The summed E-state index contributed by atoms with van der Waals surface area (Å²) in [6.45, 7) is 0. The van der Waals surface area contributed by atoms with E-state index in [-0.39, 0.29) is 0 Å². The van der Waals surface area contributed by atoms with Crippen molar-refractivity contribution in [2.45, 2.75) is 5.92 Å². The molecule has 0 bridgehead atoms. The van der Waals surface area contributed by atoms with E-state index in [0.717, 1.165) is 21.9 Å². The molecule has 0 fully saturated rings. The molecule has 14 heavy (non-hydrogen) atoms. The lowest BCUT2D eigenvalue weighted by Gasteiger charge is -2.27. The number of carboxylic acids is 1. The number of benzene rings is 2. The quantitative estimate of drug-likeness (QED) is 0.738. The highest BCUT2D eigenvalue weighted by Gasteiger charge is 2.33. The summed E-state index contributed by atoms with van der Waals surface area (Å²) in [4.78, 5) is 11.0. The molecule has 1 aliphatic carbocycles. The van der Waals surface area contributed by atoms with E-state index in [1.807, 2.05) is 36.4 Å². The molecular weight excluding hydrogens is 176 g/mol. The van der Waals surface area contributed by atoms with E-state index in [0.29, 0.717) is 0 Å². The number of rotatable bonds is 1. The van der Waals surface area contributed by atoms with Crippen molar-refractivity contribution in [2.75, 3.05) is 0 Å². The molecule has 2 heteroatoms. The summed E-state index contributed by atoms with van der Waals surface area (Å²) in [6.07, 6.45) is 0. The first-order chi connectivity index (χ1) is 6.79. The number of carbonyl (C=O) groups is 1. The van der Waals surface area contributed by atoms with Crippen LogP contribution in [0.4, 0.5) is 0 Å². The molecule has 0 aromatic heterocycles. The third-order valence-electron chi connectivity index (χ3n) is 2.84. The molecule has 0 radical (unpaired) electrons. The van der Waals surface area contributed by atoms with Crippen LogP contribution in [0.1, 0.15) is 17.0 Å². The topological polar surface area (TPSA) is 37.3 Å². The fourth-order valence-corrected chi connectivity index (χ4v) is 2.24. The van der Waals surface area contributed by atoms with E-state index < -0.39 is 11.9 Å². The van der Waals surface area contributed by atoms with Crippen molar-refractivity contribution < 1.29 is 9.90 Å². The normalized spacial score (nSPS) is 14.0. The van der Waals surface area contributed by atoms with Crippen LogP contribution in [0, 0.1) is 0 Å². The monoisotopic (exact) mass is 184 g/mol. The van der Waals surface area contributed by atoms with E-state index in [4.69, 9.17) is 5.11 Å². The minimum absolute atomic E-state index is 0.408. The Balaban J connectivity index is 2.37. The van der Waals surface area contributed by atoms with Crippen molar-refractivity contribution >= 4 is 16.7 Å². The van der Waals surface area contributed by atoms with Crippen LogP contribution >= 0.6 is 0 Å². The molecule has 0 heterocycles. The predicted octanol–water partition coefficient (Wildman–Crippen LogP) is 2.37. The first kappa shape index (κ1) is 7.56. The lowest BCUT2D eigenvalue weighted by Crippen LogP contribution is -2.21. The highest BCUT2D eigenvalue weighted by molar-refractivity contribution is 6.03. The third kappa shape index (κ3) is 0.732. The lowest BCUT2D eigenvalue weighted by molar-refractivity contribution is -0.137. The molecule has 2 nitrogen and oxygen atoms in total. The summed E-state index contributed by atoms with van der Waals surface area (Å²) in [7, 11) is 0. The third-order valence-corrected chi connectivity index (χ3v) is 2.84. The van der Waals surface area contributed by atoms with E-state index >= 15 is 0 Å². The summed E-state index contributed by atoms with van der Waals surface area (Å²) in [5.41, 5.74) is 1.90. The second-order valence-electron chi connectivity index (χ2n) is 3.56. The van der Waals surface area contributed by atoms with Crippen LogP contribution < -0.4 is 0 Å². The second kappa shape index (κ2) is 2.35. The van der Waals surface area contributed by atoms with Gasteiger partial charge in [-0.3, -0.25) is 4.79 Å². The van der Waals surface area contributed by atoms with Gasteiger partial charge in [-0.1, -0.05) is 36.4 Å². The molecule has 2 aromatic carbocycles. The Bertz CT molecular complexity index is 504. The molecule has 0 spiro atoms. The van der Waals surface area contributed by atoms with Crippen molar-refractivity contribution in [2.24, 2.45) is 0 Å². The van der Waals surface area contributed by atoms with Gasteiger partial charge < -0.3 is 5.11 Å². The predicted molar refractivity (Wildman–Crippen MR) is 53.4 cm³/mol. The average Bonchev–Trinajstić information content (AvgIpc) is 2.15. The van der Waals surface area contributed by atoms with Gasteiger partial charge in [0, 0.05) is 0 Å². The average molecular weight is 184 g/mol. The van der Waals surface area contributed by atoms with E-state index in [9.17, 15) is 4.79 Å². The molecule has 0 aliphatic heterocycles. The van der Waals surface area contributed by atoms with Crippen LogP contribution in [-0.2, 0) is 4.79 Å². The number of hydrogen-bond donors (Lipinski definition) is 1. The Hall–Kier alpha value is -1.83. The van der Waals surface area contributed by atoms with E-state index in [1.165, 1.54) is 0 Å². The molecule has 0 atom stereocenters. The summed E-state index contributed by atoms with van der Waals surface area (Å²) < 4.78 is 0. The van der Waals surface area contributed by atoms with Crippen LogP contribution in [0.2, 0.25) is 0 Å². The van der Waals surface area contributed by atoms with Gasteiger partial charge in [0.2, 0.25) is 0 Å². The Morgan fingerprint density at radius 3 is 2.14 bits per heavy atom. The number of aliphatic carboxylic acids is 1. The van der Waals surface area contributed by atoms with Crippen LogP contribution in [-0.4, -0.2) is 11.1 Å². The van der Waals surface area contributed by atoms with Gasteiger partial charge >= 0.3 is 5.97 Å². The minimum Gasteiger partial charge on any atom is -0.481 e. The molecule has 0 saturated carbocycles. The molecule has 1 aliphatic rings. The van der Waals surface area contributed by atoms with Gasteiger partial charge in [0.25, 0.3) is 0 Å². The van der Waals surface area contributed by atoms with Crippen LogP contribution in [0.25, 0.3) is 10.8 Å². The molecule has 3 rings (SSSR count). The molecule has 1 N–H and O–H groups in total. The zero-order valence-corrected chi connectivity index (χ0v) is 7.40. The Morgan fingerprint density at radius 1 is 1.07 bits per heavy atom. The summed E-state index contributed by atoms with van der Waals surface area (Å²) in [5.74, 6) is -1.16. The summed E-state index contributed by atoms with van der Waals surface area (Å²) in [5, 5.41) is 11.3. The zero-order valence-electron chi connectivity index (χ0n) is 7.40. The molecular formula is C12H8O2. The highest BCUT2D eigenvalue weighted by atomic mass is 16.4. The fraction of sp³-hybridized carbons (Fsp3) is 0.0833. The molecule has 2 aromatic rings. The van der Waals surface area contributed by atoms with Crippen molar-refractivity contribution in [3.8, 4) is 0 Å². The second-order valence-corrected chi connectivity index (χ2v) is 3.56. The van der Waals surface area contributed by atoms with Gasteiger partial charge in [0.1, 0.15) is 5.92 Å².